The second-order valence-corrected chi connectivity index (χ2v) is 5.64. The van der Waals surface area contributed by atoms with Crippen molar-refractivity contribution in [3.63, 3.8) is 0 Å². The van der Waals surface area contributed by atoms with E-state index in [-0.39, 0.29) is 31.8 Å². The summed E-state index contributed by atoms with van der Waals surface area (Å²) in [7, 11) is -7.52. The van der Waals surface area contributed by atoms with Gasteiger partial charge in [0.25, 0.3) is 0 Å². The second kappa shape index (κ2) is 6.01. The minimum atomic E-state index is -4.23. The van der Waals surface area contributed by atoms with E-state index in [9.17, 15) is 21.4 Å². The van der Waals surface area contributed by atoms with E-state index in [0.717, 1.165) is 6.26 Å². The third-order valence-electron chi connectivity index (χ3n) is 0.935. The van der Waals surface area contributed by atoms with E-state index < -0.39 is 25.9 Å². The molecule has 1 N–H and O–H groups in total. The predicted molar refractivity (Wildman–Crippen MR) is 42.0 cm³/mol. The Morgan fingerprint density at radius 3 is 2.00 bits per heavy atom. The summed E-state index contributed by atoms with van der Waals surface area (Å²) < 4.78 is 53.0. The van der Waals surface area contributed by atoms with Gasteiger partial charge in [-0.3, -0.25) is 0 Å². The molecule has 0 aliphatic carbocycles. The smallest absolute Gasteiger partial charge is 0.748 e. The molecule has 0 aliphatic rings. The molecule has 0 unspecified atom stereocenters. The molecule has 0 aromatic carbocycles. The monoisotopic (exact) mass is 223 g/mol. The summed E-state index contributed by atoms with van der Waals surface area (Å²) in [5.41, 5.74) is 0. The van der Waals surface area contributed by atoms with Crippen molar-refractivity contribution in [2.24, 2.45) is 0 Å². The van der Waals surface area contributed by atoms with Gasteiger partial charge in [-0.05, 0) is 6.42 Å². The van der Waals surface area contributed by atoms with Crippen molar-refractivity contribution in [3.8, 4) is 0 Å². The Balaban J connectivity index is 0. The molecule has 9 heteroatoms. The minimum Gasteiger partial charge on any atom is -0.748 e. The fourth-order valence-corrected chi connectivity index (χ4v) is 1.52. The van der Waals surface area contributed by atoms with E-state index in [1.807, 2.05) is 0 Å². The van der Waals surface area contributed by atoms with E-state index in [0.29, 0.717) is 0 Å². The first-order valence-corrected chi connectivity index (χ1v) is 6.56. The van der Waals surface area contributed by atoms with Gasteiger partial charge in [0.2, 0.25) is 10.0 Å². The molecule has 0 saturated heterocycles. The molecular formula is C4H10LiNO5S2. The van der Waals surface area contributed by atoms with Crippen molar-refractivity contribution in [2.75, 3.05) is 18.6 Å². The van der Waals surface area contributed by atoms with E-state index in [4.69, 9.17) is 0 Å². The first kappa shape index (κ1) is 15.9. The fourth-order valence-electron chi connectivity index (χ4n) is 0.507. The Morgan fingerprint density at radius 1 is 1.23 bits per heavy atom. The summed E-state index contributed by atoms with van der Waals surface area (Å²) in [5, 5.41) is 0. The van der Waals surface area contributed by atoms with Gasteiger partial charge in [0.15, 0.2) is 0 Å². The normalized spacial score (nSPS) is 12.2. The van der Waals surface area contributed by atoms with Gasteiger partial charge >= 0.3 is 18.9 Å². The molecule has 74 valence electrons. The van der Waals surface area contributed by atoms with Gasteiger partial charge in [-0.25, -0.2) is 21.6 Å². The number of nitrogens with one attached hydrogen (secondary N) is 1. The van der Waals surface area contributed by atoms with Crippen LogP contribution in [0.15, 0.2) is 0 Å². The van der Waals surface area contributed by atoms with Gasteiger partial charge < -0.3 is 4.55 Å². The van der Waals surface area contributed by atoms with Gasteiger partial charge in [0.1, 0.15) is 0 Å². The van der Waals surface area contributed by atoms with Crippen LogP contribution in [0.2, 0.25) is 0 Å². The number of hydrogen-bond acceptors (Lipinski definition) is 5. The maximum absolute atomic E-state index is 10.4. The summed E-state index contributed by atoms with van der Waals surface area (Å²) in [4.78, 5) is 0. The zero-order valence-corrected chi connectivity index (χ0v) is 9.11. The zero-order valence-electron chi connectivity index (χ0n) is 7.48. The van der Waals surface area contributed by atoms with E-state index >= 15 is 0 Å². The molecule has 0 heterocycles. The van der Waals surface area contributed by atoms with Crippen molar-refractivity contribution in [3.05, 3.63) is 0 Å². The van der Waals surface area contributed by atoms with Crippen LogP contribution in [0.1, 0.15) is 6.42 Å². The average Bonchev–Trinajstić information content (AvgIpc) is 1.76. The Labute approximate surface area is 90.1 Å². The molecule has 0 radical (unpaired) electrons. The first-order chi connectivity index (χ1) is 5.21. The summed E-state index contributed by atoms with van der Waals surface area (Å²) in [6.07, 6.45) is 0.956. The molecule has 0 bridgehead atoms. The van der Waals surface area contributed by atoms with E-state index in [1.165, 1.54) is 0 Å². The van der Waals surface area contributed by atoms with Crippen molar-refractivity contribution >= 4 is 20.1 Å². The van der Waals surface area contributed by atoms with Crippen LogP contribution >= 0.6 is 0 Å². The topological polar surface area (TPSA) is 103 Å². The summed E-state index contributed by atoms with van der Waals surface area (Å²) in [5.74, 6) is -0.546. The third kappa shape index (κ3) is 15.2. The molecule has 0 fully saturated rings. The first-order valence-electron chi connectivity index (χ1n) is 3.09. The Hall–Kier alpha value is 0.417. The molecule has 0 aromatic rings. The number of sulfonamides is 1. The Kier molecular flexibility index (Phi) is 7.33. The van der Waals surface area contributed by atoms with Crippen LogP contribution in [0.4, 0.5) is 0 Å². The maximum Gasteiger partial charge on any atom is 1.00 e. The predicted octanol–water partition coefficient (Wildman–Crippen LogP) is -4.53. The van der Waals surface area contributed by atoms with Gasteiger partial charge in [-0.15, -0.1) is 0 Å². The van der Waals surface area contributed by atoms with Crippen molar-refractivity contribution in [1.29, 1.82) is 0 Å². The van der Waals surface area contributed by atoms with Gasteiger partial charge in [-0.2, -0.15) is 0 Å². The third-order valence-corrected chi connectivity index (χ3v) is 2.45. The van der Waals surface area contributed by atoms with Crippen molar-refractivity contribution in [2.45, 2.75) is 6.42 Å². The largest absolute Gasteiger partial charge is 1.00 e. The van der Waals surface area contributed by atoms with Crippen LogP contribution in [0.25, 0.3) is 0 Å². The molecular weight excluding hydrogens is 213 g/mol. The molecule has 0 aromatic heterocycles. The Morgan fingerprint density at radius 2 is 1.69 bits per heavy atom. The maximum atomic E-state index is 10.4. The molecule has 0 spiro atoms. The van der Waals surface area contributed by atoms with Gasteiger partial charge in [0, 0.05) is 12.3 Å². The summed E-state index contributed by atoms with van der Waals surface area (Å²) in [6.45, 7) is -0.0275. The summed E-state index contributed by atoms with van der Waals surface area (Å²) >= 11 is 0. The second-order valence-electron chi connectivity index (χ2n) is 2.28. The van der Waals surface area contributed by atoms with E-state index in [2.05, 4.69) is 4.72 Å². The molecule has 13 heavy (non-hydrogen) atoms. The van der Waals surface area contributed by atoms with Gasteiger partial charge in [-0.1, -0.05) is 0 Å². The van der Waals surface area contributed by atoms with Crippen LogP contribution in [-0.2, 0) is 20.1 Å². The Bertz CT molecular complexity index is 286. The molecule has 0 amide bonds. The van der Waals surface area contributed by atoms with Crippen LogP contribution in [0, 0.1) is 0 Å². The van der Waals surface area contributed by atoms with Crippen LogP contribution in [-0.4, -0.2) is 39.9 Å². The van der Waals surface area contributed by atoms with Crippen LogP contribution in [0.3, 0.4) is 0 Å². The quantitative estimate of drug-likeness (QED) is 0.287. The van der Waals surface area contributed by atoms with E-state index in [1.54, 1.807) is 0 Å². The molecule has 0 rings (SSSR count). The molecule has 0 atom stereocenters. The van der Waals surface area contributed by atoms with Crippen molar-refractivity contribution < 1.29 is 40.2 Å². The number of rotatable bonds is 5. The molecule has 6 nitrogen and oxygen atoms in total. The fraction of sp³-hybridized carbons (Fsp3) is 1.00. The molecule has 0 saturated carbocycles. The van der Waals surface area contributed by atoms with Crippen LogP contribution < -0.4 is 23.6 Å². The SMILES string of the molecule is CS(=O)(=O)NCCCS(=O)(=O)[O-].[Li+]. The minimum absolute atomic E-state index is 0. The number of hydrogen-bond donors (Lipinski definition) is 1. The zero-order chi connectivity index (χ0) is 9.83. The average molecular weight is 223 g/mol. The van der Waals surface area contributed by atoms with Crippen molar-refractivity contribution in [1.82, 2.24) is 4.72 Å². The summed E-state index contributed by atoms with van der Waals surface area (Å²) in [6, 6.07) is 0. The van der Waals surface area contributed by atoms with Crippen LogP contribution in [0.5, 0.6) is 0 Å². The standard InChI is InChI=1S/C4H11NO5S2.Li/c1-11(6,7)5-3-2-4-12(8,9)10;/h5H,2-4H2,1H3,(H,8,9,10);/q;+1/p-1. The van der Waals surface area contributed by atoms with Gasteiger partial charge in [0.05, 0.1) is 16.4 Å². The molecule has 0 aliphatic heterocycles.